The quantitative estimate of drug-likeness (QED) is 0.343. The van der Waals surface area contributed by atoms with Crippen LogP contribution in [-0.2, 0) is 14.3 Å². The molecule has 0 aromatic heterocycles. The minimum absolute atomic E-state index is 0.364. The molecule has 1 aromatic carbocycles. The fraction of sp³-hybridized carbons (Fsp3) is 0.235. The zero-order valence-corrected chi connectivity index (χ0v) is 13.8. The molecule has 0 fully saturated rings. The van der Waals surface area contributed by atoms with Gasteiger partial charge in [0.05, 0.1) is 38.2 Å². The van der Waals surface area contributed by atoms with Gasteiger partial charge in [-0.2, -0.15) is 0 Å². The normalized spacial score (nSPS) is 12.4. The molecule has 0 atom stereocenters. The number of esters is 1. The Labute approximate surface area is 135 Å². The molecule has 5 heteroatoms. The Bertz CT molecular complexity index is 615. The van der Waals surface area contributed by atoms with Crippen molar-refractivity contribution >= 4 is 23.6 Å². The lowest BCUT2D eigenvalue weighted by atomic mass is 10.1. The van der Waals surface area contributed by atoms with Crippen molar-refractivity contribution in [3.63, 3.8) is 0 Å². The molecule has 0 amide bonds. The predicted octanol–water partition coefficient (Wildman–Crippen LogP) is 4.01. The van der Waals surface area contributed by atoms with E-state index in [2.05, 4.69) is 0 Å². The van der Waals surface area contributed by atoms with Crippen LogP contribution in [0.3, 0.4) is 0 Å². The minimum atomic E-state index is -0.447. The second-order valence-electron chi connectivity index (χ2n) is 4.36. The van der Waals surface area contributed by atoms with Gasteiger partial charge < -0.3 is 14.2 Å². The fourth-order valence-electron chi connectivity index (χ4n) is 1.70. The highest BCUT2D eigenvalue weighted by atomic mass is 35.5. The maximum absolute atomic E-state index is 11.6. The highest BCUT2D eigenvalue weighted by molar-refractivity contribution is 6.32. The average Bonchev–Trinajstić information content (AvgIpc) is 2.53. The van der Waals surface area contributed by atoms with Crippen molar-refractivity contribution in [2.24, 2.45) is 0 Å². The number of hydrogen-bond donors (Lipinski definition) is 0. The Hall–Kier alpha value is -2.20. The van der Waals surface area contributed by atoms with Crippen LogP contribution in [0.5, 0.6) is 5.75 Å². The fourth-order valence-corrected chi connectivity index (χ4v) is 1.90. The van der Waals surface area contributed by atoms with E-state index in [4.69, 9.17) is 25.8 Å². The van der Waals surface area contributed by atoms with Crippen LogP contribution in [0.2, 0.25) is 5.02 Å². The summed E-state index contributed by atoms with van der Waals surface area (Å²) in [6.07, 6.45) is 6.86. The molecule has 0 aliphatic carbocycles. The van der Waals surface area contributed by atoms with Crippen LogP contribution >= 0.6 is 11.6 Å². The zero-order chi connectivity index (χ0) is 16.5. The summed E-state index contributed by atoms with van der Waals surface area (Å²) in [6.45, 7) is 1.80. The van der Waals surface area contributed by atoms with E-state index >= 15 is 0 Å². The zero-order valence-electron chi connectivity index (χ0n) is 13.1. The molecule has 0 heterocycles. The predicted molar refractivity (Wildman–Crippen MR) is 87.9 cm³/mol. The number of benzene rings is 1. The summed E-state index contributed by atoms with van der Waals surface area (Å²) in [4.78, 5) is 11.6. The summed E-state index contributed by atoms with van der Waals surface area (Å²) in [5.41, 5.74) is 2.02. The minimum Gasteiger partial charge on any atom is -0.503 e. The molecular formula is C17H19ClO4. The maximum atomic E-state index is 11.6. The molecular weight excluding hydrogens is 304 g/mol. The Morgan fingerprint density at radius 3 is 2.55 bits per heavy atom. The van der Waals surface area contributed by atoms with Crippen molar-refractivity contribution in [2.45, 2.75) is 6.92 Å². The van der Waals surface area contributed by atoms with Crippen LogP contribution in [0.1, 0.15) is 12.5 Å². The molecule has 4 nitrogen and oxygen atoms in total. The van der Waals surface area contributed by atoms with E-state index in [0.717, 1.165) is 11.1 Å². The molecule has 0 saturated heterocycles. The standard InChI is InChI=1S/C17H19ClO4/c1-12(14(11-20-2)17(19)22-4)6-5-7-13-8-9-15(18)16(10-13)21-3/h5-11H,1-4H3. The van der Waals surface area contributed by atoms with Crippen LogP contribution in [0.25, 0.3) is 6.08 Å². The lowest BCUT2D eigenvalue weighted by Crippen LogP contribution is -2.06. The van der Waals surface area contributed by atoms with E-state index in [0.29, 0.717) is 16.3 Å². The smallest absolute Gasteiger partial charge is 0.341 e. The molecule has 22 heavy (non-hydrogen) atoms. The third kappa shape index (κ3) is 4.97. The van der Waals surface area contributed by atoms with Gasteiger partial charge in [-0.25, -0.2) is 4.79 Å². The van der Waals surface area contributed by atoms with Gasteiger partial charge in [0, 0.05) is 0 Å². The lowest BCUT2D eigenvalue weighted by Gasteiger charge is -2.05. The maximum Gasteiger partial charge on any atom is 0.341 e. The molecule has 1 aromatic rings. The van der Waals surface area contributed by atoms with Crippen molar-refractivity contribution in [2.75, 3.05) is 21.3 Å². The van der Waals surface area contributed by atoms with Crippen molar-refractivity contribution in [3.8, 4) is 5.75 Å². The third-order valence-corrected chi connectivity index (χ3v) is 3.19. The number of allylic oxidation sites excluding steroid dienone is 2. The van der Waals surface area contributed by atoms with Crippen LogP contribution < -0.4 is 4.74 Å². The Morgan fingerprint density at radius 1 is 1.23 bits per heavy atom. The number of methoxy groups -OCH3 is 3. The summed E-state index contributed by atoms with van der Waals surface area (Å²) in [5, 5.41) is 0.558. The molecule has 0 aliphatic rings. The molecule has 0 bridgehead atoms. The number of rotatable bonds is 6. The van der Waals surface area contributed by atoms with E-state index in [1.807, 2.05) is 24.3 Å². The van der Waals surface area contributed by atoms with E-state index in [1.165, 1.54) is 20.5 Å². The van der Waals surface area contributed by atoms with Gasteiger partial charge in [-0.1, -0.05) is 35.9 Å². The van der Waals surface area contributed by atoms with Gasteiger partial charge >= 0.3 is 5.97 Å². The first-order valence-corrected chi connectivity index (χ1v) is 6.91. The van der Waals surface area contributed by atoms with Crippen molar-refractivity contribution in [1.82, 2.24) is 0 Å². The Kier molecular flexibility index (Phi) is 7.26. The van der Waals surface area contributed by atoms with Gasteiger partial charge in [0.1, 0.15) is 5.75 Å². The van der Waals surface area contributed by atoms with Gasteiger partial charge in [-0.3, -0.25) is 0 Å². The second kappa shape index (κ2) is 8.95. The Balaban J connectivity index is 2.94. The number of hydrogen-bond acceptors (Lipinski definition) is 4. The highest BCUT2D eigenvalue weighted by Crippen LogP contribution is 2.25. The van der Waals surface area contributed by atoms with Gasteiger partial charge in [0.2, 0.25) is 0 Å². The van der Waals surface area contributed by atoms with Crippen molar-refractivity contribution in [3.05, 3.63) is 58.3 Å². The first-order valence-electron chi connectivity index (χ1n) is 6.53. The molecule has 0 N–H and O–H groups in total. The van der Waals surface area contributed by atoms with Crippen molar-refractivity contribution in [1.29, 1.82) is 0 Å². The van der Waals surface area contributed by atoms with Gasteiger partial charge in [-0.05, 0) is 30.2 Å². The molecule has 0 saturated carbocycles. The van der Waals surface area contributed by atoms with E-state index < -0.39 is 5.97 Å². The number of halogens is 1. The topological polar surface area (TPSA) is 44.8 Å². The molecule has 0 aliphatic heterocycles. The van der Waals surface area contributed by atoms with Crippen molar-refractivity contribution < 1.29 is 19.0 Å². The van der Waals surface area contributed by atoms with E-state index in [-0.39, 0.29) is 0 Å². The Morgan fingerprint density at radius 2 is 1.95 bits per heavy atom. The van der Waals surface area contributed by atoms with Crippen LogP contribution in [0, 0.1) is 0 Å². The summed E-state index contributed by atoms with van der Waals surface area (Å²) < 4.78 is 14.8. The monoisotopic (exact) mass is 322 g/mol. The first kappa shape index (κ1) is 17.9. The summed E-state index contributed by atoms with van der Waals surface area (Å²) in [7, 11) is 4.37. The first-order chi connectivity index (χ1) is 10.5. The van der Waals surface area contributed by atoms with E-state index in [9.17, 15) is 4.79 Å². The van der Waals surface area contributed by atoms with Crippen LogP contribution in [0.15, 0.2) is 47.8 Å². The van der Waals surface area contributed by atoms with E-state index in [1.54, 1.807) is 26.2 Å². The lowest BCUT2D eigenvalue weighted by molar-refractivity contribution is -0.135. The van der Waals surface area contributed by atoms with Crippen LogP contribution in [-0.4, -0.2) is 27.3 Å². The molecule has 0 spiro atoms. The summed E-state index contributed by atoms with van der Waals surface area (Å²) in [5.74, 6) is 0.163. The van der Waals surface area contributed by atoms with Crippen LogP contribution in [0.4, 0.5) is 0 Å². The number of carbonyl (C=O) groups excluding carboxylic acids is 1. The molecule has 0 unspecified atom stereocenters. The summed E-state index contributed by atoms with van der Waals surface area (Å²) >= 11 is 5.97. The highest BCUT2D eigenvalue weighted by Gasteiger charge is 2.11. The largest absolute Gasteiger partial charge is 0.503 e. The SMILES string of the molecule is COC=C(C(=O)OC)C(C)=CC=Cc1ccc(Cl)c(OC)c1. The van der Waals surface area contributed by atoms with Gasteiger partial charge in [0.15, 0.2) is 0 Å². The number of ether oxygens (including phenoxy) is 3. The molecule has 1 rings (SSSR count). The third-order valence-electron chi connectivity index (χ3n) is 2.88. The van der Waals surface area contributed by atoms with Gasteiger partial charge in [-0.15, -0.1) is 0 Å². The summed E-state index contributed by atoms with van der Waals surface area (Å²) in [6, 6.07) is 5.46. The van der Waals surface area contributed by atoms with Gasteiger partial charge in [0.25, 0.3) is 0 Å². The average molecular weight is 323 g/mol. The molecule has 0 radical (unpaired) electrons. The molecule has 118 valence electrons. The number of carbonyl (C=O) groups is 1. The second-order valence-corrected chi connectivity index (χ2v) is 4.77.